The van der Waals surface area contributed by atoms with Crippen molar-refractivity contribution in [1.82, 2.24) is 14.8 Å². The van der Waals surface area contributed by atoms with Crippen molar-refractivity contribution in [2.75, 3.05) is 12.4 Å². The molecule has 2 aromatic heterocycles. The lowest BCUT2D eigenvalue weighted by molar-refractivity contribution is 0.686. The third kappa shape index (κ3) is 2.59. The summed E-state index contributed by atoms with van der Waals surface area (Å²) in [6, 6.07) is 0. The summed E-state index contributed by atoms with van der Waals surface area (Å²) >= 11 is 0. The van der Waals surface area contributed by atoms with E-state index in [-0.39, 0.29) is 0 Å². The van der Waals surface area contributed by atoms with E-state index in [4.69, 9.17) is 0 Å². The molecule has 2 heterocycles. The van der Waals surface area contributed by atoms with Crippen molar-refractivity contribution in [2.24, 2.45) is 0 Å². The van der Waals surface area contributed by atoms with Crippen molar-refractivity contribution < 1.29 is 0 Å². The van der Waals surface area contributed by atoms with Gasteiger partial charge in [-0.15, -0.1) is 0 Å². The molecule has 0 saturated carbocycles. The summed E-state index contributed by atoms with van der Waals surface area (Å²) in [4.78, 5) is 3.20. The van der Waals surface area contributed by atoms with Crippen LogP contribution in [0.2, 0.25) is 0 Å². The Labute approximate surface area is 119 Å². The van der Waals surface area contributed by atoms with Crippen LogP contribution in [-0.4, -0.2) is 21.8 Å². The van der Waals surface area contributed by atoms with Crippen LogP contribution < -0.4 is 5.32 Å². The molecule has 0 aromatic carbocycles. The molecule has 2 rings (SSSR count). The molecule has 0 saturated heterocycles. The highest BCUT2D eigenvalue weighted by atomic mass is 15.3. The third-order valence-electron chi connectivity index (χ3n) is 3.30. The molecule has 0 spiro atoms. The smallest absolute Gasteiger partial charge is 0.111 e. The van der Waals surface area contributed by atoms with Crippen molar-refractivity contribution in [3.8, 4) is 11.1 Å². The van der Waals surface area contributed by atoms with Gasteiger partial charge in [0.05, 0.1) is 12.7 Å². The van der Waals surface area contributed by atoms with E-state index in [1.54, 1.807) is 0 Å². The van der Waals surface area contributed by atoms with Gasteiger partial charge in [0.1, 0.15) is 5.82 Å². The highest BCUT2D eigenvalue weighted by Gasteiger charge is 2.11. The molecule has 0 fully saturated rings. The van der Waals surface area contributed by atoms with Gasteiger partial charge < -0.3 is 10.3 Å². The van der Waals surface area contributed by atoms with Crippen LogP contribution in [0.15, 0.2) is 49.5 Å². The summed E-state index contributed by atoms with van der Waals surface area (Å²) in [7, 11) is 1.88. The number of aromatic nitrogens is 3. The zero-order chi connectivity index (χ0) is 14.5. The van der Waals surface area contributed by atoms with Crippen LogP contribution in [0, 0.1) is 0 Å². The minimum absolute atomic E-state index is 0.729. The number of H-pyrrole nitrogens is 1. The normalized spacial score (nSPS) is 11.4. The van der Waals surface area contributed by atoms with Gasteiger partial charge in [0.25, 0.3) is 0 Å². The van der Waals surface area contributed by atoms with Crippen molar-refractivity contribution in [2.45, 2.75) is 13.5 Å². The van der Waals surface area contributed by atoms with Gasteiger partial charge in [0.2, 0.25) is 0 Å². The monoisotopic (exact) mass is 268 g/mol. The molecule has 4 nitrogen and oxygen atoms in total. The van der Waals surface area contributed by atoms with E-state index >= 15 is 0 Å². The number of hydrogen-bond donors (Lipinski definition) is 2. The second kappa shape index (κ2) is 6.10. The average Bonchev–Trinajstić information content (AvgIpc) is 3.10. The third-order valence-corrected chi connectivity index (χ3v) is 3.30. The molecular weight excluding hydrogens is 248 g/mol. The first kappa shape index (κ1) is 13.9. The second-order valence-corrected chi connectivity index (χ2v) is 4.44. The molecule has 0 aliphatic heterocycles. The lowest BCUT2D eigenvalue weighted by Gasteiger charge is -2.01. The summed E-state index contributed by atoms with van der Waals surface area (Å²) in [5.74, 6) is 0.961. The largest absolute Gasteiger partial charge is 0.374 e. The molecule has 4 heteroatoms. The standard InChI is InChI=1S/C16H20N4/c1-5-12(6-2)10-20-11-13(8-19-20)15-9-18-16(17-4)14(15)7-3/h5-9,11,17-18H,1,3,10H2,2,4H3. The number of nitrogens with one attached hydrogen (secondary N) is 2. The molecular formula is C16H20N4. The zero-order valence-electron chi connectivity index (χ0n) is 12.0. The van der Waals surface area contributed by atoms with E-state index in [1.807, 2.05) is 55.5 Å². The fraction of sp³-hybridized carbons (Fsp3) is 0.188. The van der Waals surface area contributed by atoms with Crippen molar-refractivity contribution in [3.63, 3.8) is 0 Å². The van der Waals surface area contributed by atoms with Gasteiger partial charge in [0.15, 0.2) is 0 Å². The SMILES string of the molecule is C=CC(=CC)Cn1cc(-c2c[nH]c(NC)c2C=C)cn1. The van der Waals surface area contributed by atoms with Gasteiger partial charge in [-0.25, -0.2) is 0 Å². The highest BCUT2D eigenvalue weighted by molar-refractivity contribution is 5.81. The van der Waals surface area contributed by atoms with Crippen molar-refractivity contribution in [1.29, 1.82) is 0 Å². The maximum Gasteiger partial charge on any atom is 0.111 e. The Hall–Kier alpha value is -2.49. The van der Waals surface area contributed by atoms with Gasteiger partial charge in [-0.2, -0.15) is 5.10 Å². The first-order valence-electron chi connectivity index (χ1n) is 6.55. The molecule has 0 bridgehead atoms. The van der Waals surface area contributed by atoms with Gasteiger partial charge in [-0.3, -0.25) is 4.68 Å². The van der Waals surface area contributed by atoms with E-state index in [9.17, 15) is 0 Å². The van der Waals surface area contributed by atoms with Gasteiger partial charge >= 0.3 is 0 Å². The lowest BCUT2D eigenvalue weighted by Crippen LogP contribution is -1.99. The average molecular weight is 268 g/mol. The predicted molar refractivity (Wildman–Crippen MR) is 85.6 cm³/mol. The summed E-state index contributed by atoms with van der Waals surface area (Å²) in [5, 5.41) is 7.52. The molecule has 20 heavy (non-hydrogen) atoms. The minimum atomic E-state index is 0.729. The first-order valence-corrected chi connectivity index (χ1v) is 6.55. The predicted octanol–water partition coefficient (Wildman–Crippen LogP) is 3.70. The minimum Gasteiger partial charge on any atom is -0.374 e. The number of aromatic amines is 1. The van der Waals surface area contributed by atoms with Crippen molar-refractivity contribution >= 4 is 11.9 Å². The molecule has 0 radical (unpaired) electrons. The maximum absolute atomic E-state index is 4.40. The molecule has 0 atom stereocenters. The van der Waals surface area contributed by atoms with Crippen LogP contribution in [0.1, 0.15) is 12.5 Å². The molecule has 0 amide bonds. The first-order chi connectivity index (χ1) is 9.73. The highest BCUT2D eigenvalue weighted by Crippen LogP contribution is 2.29. The number of hydrogen-bond acceptors (Lipinski definition) is 2. The van der Waals surface area contributed by atoms with Gasteiger partial charge in [0, 0.05) is 36.1 Å². The Morgan fingerprint density at radius 1 is 1.50 bits per heavy atom. The molecule has 104 valence electrons. The second-order valence-electron chi connectivity index (χ2n) is 4.44. The Morgan fingerprint density at radius 3 is 2.90 bits per heavy atom. The van der Waals surface area contributed by atoms with E-state index in [2.05, 4.69) is 28.6 Å². The molecule has 0 aliphatic carbocycles. The zero-order valence-corrected chi connectivity index (χ0v) is 12.0. The fourth-order valence-electron chi connectivity index (χ4n) is 2.14. The van der Waals surface area contributed by atoms with Gasteiger partial charge in [-0.1, -0.05) is 31.4 Å². The molecule has 2 N–H and O–H groups in total. The maximum atomic E-state index is 4.40. The summed E-state index contributed by atoms with van der Waals surface area (Å²) in [5.41, 5.74) is 4.36. The number of nitrogens with zero attached hydrogens (tertiary/aromatic N) is 2. The van der Waals surface area contributed by atoms with Crippen LogP contribution >= 0.6 is 0 Å². The van der Waals surface area contributed by atoms with E-state index < -0.39 is 0 Å². The van der Waals surface area contributed by atoms with Crippen LogP contribution in [0.5, 0.6) is 0 Å². The van der Waals surface area contributed by atoms with Crippen LogP contribution in [0.25, 0.3) is 17.2 Å². The molecule has 0 unspecified atom stereocenters. The van der Waals surface area contributed by atoms with Crippen molar-refractivity contribution in [3.05, 3.63) is 55.0 Å². The van der Waals surface area contributed by atoms with E-state index in [0.717, 1.165) is 34.6 Å². The Bertz CT molecular complexity index is 643. The van der Waals surface area contributed by atoms with Crippen LogP contribution in [0.3, 0.4) is 0 Å². The summed E-state index contributed by atoms with van der Waals surface area (Å²) in [6.45, 7) is 10.4. The fourth-order valence-corrected chi connectivity index (χ4v) is 2.14. The summed E-state index contributed by atoms with van der Waals surface area (Å²) in [6.07, 6.45) is 11.6. The Morgan fingerprint density at radius 2 is 2.30 bits per heavy atom. The summed E-state index contributed by atoms with van der Waals surface area (Å²) < 4.78 is 1.91. The Kier molecular flexibility index (Phi) is 4.25. The molecule has 0 aliphatic rings. The van der Waals surface area contributed by atoms with Crippen LogP contribution in [0.4, 0.5) is 5.82 Å². The quantitative estimate of drug-likeness (QED) is 0.785. The van der Waals surface area contributed by atoms with Gasteiger partial charge in [-0.05, 0) is 12.5 Å². The lowest BCUT2D eigenvalue weighted by atomic mass is 10.1. The number of rotatable bonds is 6. The van der Waals surface area contributed by atoms with Crippen LogP contribution in [-0.2, 0) is 6.54 Å². The van der Waals surface area contributed by atoms with E-state index in [0.29, 0.717) is 0 Å². The molecule has 2 aromatic rings. The Balaban J connectivity index is 2.31. The number of anilines is 1. The number of allylic oxidation sites excluding steroid dienone is 3. The van der Waals surface area contributed by atoms with E-state index in [1.165, 1.54) is 0 Å². The topological polar surface area (TPSA) is 45.6 Å².